The van der Waals surface area contributed by atoms with Crippen LogP contribution >= 0.6 is 0 Å². The number of methoxy groups -OCH3 is 2. The number of hydrogen-bond donors (Lipinski definition) is 2. The van der Waals surface area contributed by atoms with Gasteiger partial charge in [-0.15, -0.1) is 0 Å². The average molecular weight is 280 g/mol. The van der Waals surface area contributed by atoms with E-state index in [1.807, 2.05) is 0 Å². The van der Waals surface area contributed by atoms with Crippen molar-refractivity contribution in [2.24, 2.45) is 0 Å². The molecule has 0 fully saturated rings. The van der Waals surface area contributed by atoms with Crippen LogP contribution in [0.2, 0.25) is 0 Å². The molecule has 2 rings (SSSR count). The molecule has 0 amide bonds. The van der Waals surface area contributed by atoms with Crippen LogP contribution < -0.4 is 5.69 Å². The van der Waals surface area contributed by atoms with E-state index in [1.54, 1.807) is 13.2 Å². The molecule has 0 bridgehead atoms. The van der Waals surface area contributed by atoms with Gasteiger partial charge in [-0.2, -0.15) is 0 Å². The molecule has 0 saturated heterocycles. The number of carboxylic acid groups (broad SMARTS) is 1. The van der Waals surface area contributed by atoms with E-state index in [0.717, 1.165) is 0 Å². The lowest BCUT2D eigenvalue weighted by molar-refractivity contribution is 0.0185. The van der Waals surface area contributed by atoms with Crippen molar-refractivity contribution in [3.05, 3.63) is 34.2 Å². The van der Waals surface area contributed by atoms with E-state index in [-0.39, 0.29) is 23.9 Å². The molecule has 0 aliphatic heterocycles. The molecule has 1 atom stereocenters. The zero-order valence-electron chi connectivity index (χ0n) is 11.3. The van der Waals surface area contributed by atoms with Gasteiger partial charge in [-0.25, -0.2) is 9.59 Å². The van der Waals surface area contributed by atoms with Crippen LogP contribution in [0.25, 0.3) is 11.0 Å². The Morgan fingerprint density at radius 1 is 1.45 bits per heavy atom. The van der Waals surface area contributed by atoms with Gasteiger partial charge in [0.05, 0.1) is 35.9 Å². The number of benzene rings is 1. The number of rotatable bonds is 6. The summed E-state index contributed by atoms with van der Waals surface area (Å²) in [5.41, 5.74) is 0.951. The molecule has 0 spiro atoms. The molecule has 7 nitrogen and oxygen atoms in total. The summed E-state index contributed by atoms with van der Waals surface area (Å²) in [4.78, 5) is 25.6. The Kier molecular flexibility index (Phi) is 4.21. The van der Waals surface area contributed by atoms with Crippen molar-refractivity contribution in [3.8, 4) is 0 Å². The minimum absolute atomic E-state index is 0.131. The van der Waals surface area contributed by atoms with Gasteiger partial charge in [-0.3, -0.25) is 4.57 Å². The normalized spacial score (nSPS) is 12.7. The third-order valence-corrected chi connectivity index (χ3v) is 3.09. The van der Waals surface area contributed by atoms with E-state index in [2.05, 4.69) is 4.98 Å². The number of H-pyrrole nitrogens is 1. The molecule has 2 aromatic rings. The fraction of sp³-hybridized carbons (Fsp3) is 0.385. The Hall–Kier alpha value is -2.12. The first-order valence-electron chi connectivity index (χ1n) is 6.04. The molecule has 7 heteroatoms. The second-order valence-corrected chi connectivity index (χ2v) is 4.39. The number of hydrogen-bond acceptors (Lipinski definition) is 4. The predicted molar refractivity (Wildman–Crippen MR) is 72.2 cm³/mol. The van der Waals surface area contributed by atoms with Crippen molar-refractivity contribution < 1.29 is 19.4 Å². The molecule has 108 valence electrons. The second kappa shape index (κ2) is 5.89. The van der Waals surface area contributed by atoms with E-state index in [9.17, 15) is 9.59 Å². The van der Waals surface area contributed by atoms with Crippen molar-refractivity contribution in [1.29, 1.82) is 0 Å². The number of ether oxygens (including phenoxy) is 2. The SMILES string of the molecule is COCC(Cn1c(=O)[nH]c2ccc(C(=O)O)cc21)OC. The summed E-state index contributed by atoms with van der Waals surface area (Å²) in [6.45, 7) is 0.625. The van der Waals surface area contributed by atoms with Crippen LogP contribution in [0.15, 0.2) is 23.0 Å². The van der Waals surface area contributed by atoms with Crippen molar-refractivity contribution >= 4 is 17.0 Å². The largest absolute Gasteiger partial charge is 0.478 e. The summed E-state index contributed by atoms with van der Waals surface area (Å²) in [5.74, 6) is -1.03. The van der Waals surface area contributed by atoms with Gasteiger partial charge < -0.3 is 19.6 Å². The van der Waals surface area contributed by atoms with Crippen LogP contribution in [-0.4, -0.2) is 47.6 Å². The minimum atomic E-state index is -1.03. The van der Waals surface area contributed by atoms with Gasteiger partial charge >= 0.3 is 11.7 Å². The van der Waals surface area contributed by atoms with Crippen LogP contribution in [0.4, 0.5) is 0 Å². The first-order valence-corrected chi connectivity index (χ1v) is 6.04. The summed E-state index contributed by atoms with van der Waals surface area (Å²) in [7, 11) is 3.08. The van der Waals surface area contributed by atoms with Gasteiger partial charge in [-0.1, -0.05) is 0 Å². The van der Waals surface area contributed by atoms with Gasteiger partial charge in [0.15, 0.2) is 0 Å². The molecule has 1 heterocycles. The van der Waals surface area contributed by atoms with Gasteiger partial charge in [0.25, 0.3) is 0 Å². The molecular weight excluding hydrogens is 264 g/mol. The smallest absolute Gasteiger partial charge is 0.335 e. The molecule has 0 radical (unpaired) electrons. The monoisotopic (exact) mass is 280 g/mol. The number of aromatic amines is 1. The van der Waals surface area contributed by atoms with E-state index in [1.165, 1.54) is 23.8 Å². The summed E-state index contributed by atoms with van der Waals surface area (Å²) < 4.78 is 11.7. The molecule has 1 aromatic carbocycles. The third kappa shape index (κ3) is 2.73. The molecule has 0 aliphatic rings. The molecule has 0 aliphatic carbocycles. The van der Waals surface area contributed by atoms with E-state index in [0.29, 0.717) is 17.6 Å². The van der Waals surface area contributed by atoms with E-state index >= 15 is 0 Å². The highest BCUT2D eigenvalue weighted by atomic mass is 16.5. The Labute approximate surface area is 114 Å². The van der Waals surface area contributed by atoms with Crippen LogP contribution in [-0.2, 0) is 16.0 Å². The number of aromatic nitrogens is 2. The maximum atomic E-state index is 11.9. The van der Waals surface area contributed by atoms with Crippen molar-refractivity contribution in [2.75, 3.05) is 20.8 Å². The summed E-state index contributed by atoms with van der Waals surface area (Å²) >= 11 is 0. The zero-order chi connectivity index (χ0) is 14.7. The number of nitrogens with zero attached hydrogens (tertiary/aromatic N) is 1. The molecule has 2 N–H and O–H groups in total. The fourth-order valence-electron chi connectivity index (χ4n) is 2.05. The van der Waals surface area contributed by atoms with Crippen LogP contribution in [0, 0.1) is 0 Å². The average Bonchev–Trinajstić information content (AvgIpc) is 2.73. The van der Waals surface area contributed by atoms with Gasteiger partial charge in [-0.05, 0) is 18.2 Å². The molecule has 20 heavy (non-hydrogen) atoms. The van der Waals surface area contributed by atoms with Crippen molar-refractivity contribution in [3.63, 3.8) is 0 Å². The first kappa shape index (κ1) is 14.3. The lowest BCUT2D eigenvalue weighted by Crippen LogP contribution is -2.29. The summed E-state index contributed by atoms with van der Waals surface area (Å²) in [5, 5.41) is 9.01. The predicted octanol–water partition coefficient (Wildman–Crippen LogP) is 0.689. The topological polar surface area (TPSA) is 93.6 Å². The first-order chi connectivity index (χ1) is 9.56. The molecule has 1 aromatic heterocycles. The summed E-state index contributed by atoms with van der Waals surface area (Å²) in [6, 6.07) is 4.50. The minimum Gasteiger partial charge on any atom is -0.478 e. The Balaban J connectivity index is 2.45. The lowest BCUT2D eigenvalue weighted by atomic mass is 10.2. The van der Waals surface area contributed by atoms with Gasteiger partial charge in [0, 0.05) is 14.2 Å². The number of fused-ring (bicyclic) bond motifs is 1. The van der Waals surface area contributed by atoms with Crippen molar-refractivity contribution in [2.45, 2.75) is 12.6 Å². The van der Waals surface area contributed by atoms with Gasteiger partial charge in [0.1, 0.15) is 0 Å². The third-order valence-electron chi connectivity index (χ3n) is 3.09. The maximum Gasteiger partial charge on any atom is 0.335 e. The van der Waals surface area contributed by atoms with Gasteiger partial charge in [0.2, 0.25) is 0 Å². The van der Waals surface area contributed by atoms with Crippen LogP contribution in [0.3, 0.4) is 0 Å². The standard InChI is InChI=1S/C13H16N2O5/c1-19-7-9(20-2)6-15-11-5-8(12(16)17)3-4-10(11)14-13(15)18/h3-5,9H,6-7H2,1-2H3,(H,14,18)(H,16,17). The van der Waals surface area contributed by atoms with Crippen molar-refractivity contribution in [1.82, 2.24) is 9.55 Å². The second-order valence-electron chi connectivity index (χ2n) is 4.39. The zero-order valence-corrected chi connectivity index (χ0v) is 11.3. The highest BCUT2D eigenvalue weighted by Crippen LogP contribution is 2.14. The summed E-state index contributed by atoms with van der Waals surface area (Å²) in [6.07, 6.45) is -0.287. The fourth-order valence-corrected chi connectivity index (χ4v) is 2.05. The lowest BCUT2D eigenvalue weighted by Gasteiger charge is -2.14. The highest BCUT2D eigenvalue weighted by molar-refractivity contribution is 5.92. The molecular formula is C13H16N2O5. The molecule has 1 unspecified atom stereocenters. The number of imidazole rings is 1. The number of aromatic carboxylic acids is 1. The molecule has 0 saturated carbocycles. The Morgan fingerprint density at radius 2 is 2.20 bits per heavy atom. The Bertz CT molecular complexity index is 673. The van der Waals surface area contributed by atoms with E-state index in [4.69, 9.17) is 14.6 Å². The van der Waals surface area contributed by atoms with Crippen LogP contribution in [0.1, 0.15) is 10.4 Å². The highest BCUT2D eigenvalue weighted by Gasteiger charge is 2.14. The van der Waals surface area contributed by atoms with E-state index < -0.39 is 5.97 Å². The quantitative estimate of drug-likeness (QED) is 0.812. The number of carbonyl (C=O) groups is 1. The number of carboxylic acids is 1. The Morgan fingerprint density at radius 3 is 2.80 bits per heavy atom. The maximum absolute atomic E-state index is 11.9. The van der Waals surface area contributed by atoms with Crippen LogP contribution in [0.5, 0.6) is 0 Å². The number of nitrogens with one attached hydrogen (secondary N) is 1.